The van der Waals surface area contributed by atoms with Gasteiger partial charge in [0.2, 0.25) is 0 Å². The highest BCUT2D eigenvalue weighted by Gasteiger charge is 2.24. The van der Waals surface area contributed by atoms with Crippen LogP contribution in [0, 0.1) is 5.92 Å². The van der Waals surface area contributed by atoms with E-state index in [4.69, 9.17) is 5.11 Å². The van der Waals surface area contributed by atoms with Gasteiger partial charge in [0, 0.05) is 12.6 Å². The number of carboxylic acid groups (broad SMARTS) is 1. The molecule has 1 aromatic rings. The molecule has 3 N–H and O–H groups in total. The van der Waals surface area contributed by atoms with Crippen molar-refractivity contribution in [1.82, 2.24) is 10.6 Å². The SMILES string of the molecule is CC(CC1CC1)NC(=O)NCCc1cccc(C(=O)O)c1. The third-order valence-corrected chi connectivity index (χ3v) is 3.63. The smallest absolute Gasteiger partial charge is 0.335 e. The molecular weight excluding hydrogens is 268 g/mol. The van der Waals surface area contributed by atoms with E-state index in [1.54, 1.807) is 18.2 Å². The quantitative estimate of drug-likeness (QED) is 0.721. The van der Waals surface area contributed by atoms with Gasteiger partial charge in [0.15, 0.2) is 0 Å². The van der Waals surface area contributed by atoms with Crippen LogP contribution >= 0.6 is 0 Å². The zero-order valence-electron chi connectivity index (χ0n) is 12.3. The minimum Gasteiger partial charge on any atom is -0.478 e. The molecule has 1 saturated carbocycles. The molecule has 21 heavy (non-hydrogen) atoms. The van der Waals surface area contributed by atoms with E-state index in [1.807, 2.05) is 13.0 Å². The number of rotatable bonds is 7. The molecule has 1 atom stereocenters. The number of benzene rings is 1. The first-order chi connectivity index (χ1) is 10.0. The Kier molecular flexibility index (Phi) is 5.20. The van der Waals surface area contributed by atoms with Crippen LogP contribution in [0.1, 0.15) is 42.1 Å². The lowest BCUT2D eigenvalue weighted by Gasteiger charge is -2.14. The van der Waals surface area contributed by atoms with Crippen molar-refractivity contribution in [2.24, 2.45) is 5.92 Å². The summed E-state index contributed by atoms with van der Waals surface area (Å²) in [6.45, 7) is 2.51. The molecule has 0 radical (unpaired) electrons. The maximum atomic E-state index is 11.7. The highest BCUT2D eigenvalue weighted by molar-refractivity contribution is 5.87. The first-order valence-corrected chi connectivity index (χ1v) is 7.41. The minimum absolute atomic E-state index is 0.155. The molecular formula is C16H22N2O3. The highest BCUT2D eigenvalue weighted by Crippen LogP contribution is 2.33. The van der Waals surface area contributed by atoms with Gasteiger partial charge in [-0.3, -0.25) is 0 Å². The van der Waals surface area contributed by atoms with Crippen LogP contribution in [0.5, 0.6) is 0 Å². The van der Waals surface area contributed by atoms with Crippen LogP contribution in [0.15, 0.2) is 24.3 Å². The second-order valence-electron chi connectivity index (χ2n) is 5.74. The van der Waals surface area contributed by atoms with Crippen molar-refractivity contribution in [3.63, 3.8) is 0 Å². The summed E-state index contributed by atoms with van der Waals surface area (Å²) in [6, 6.07) is 6.83. The molecule has 0 spiro atoms. The summed E-state index contributed by atoms with van der Waals surface area (Å²) in [4.78, 5) is 22.6. The van der Waals surface area contributed by atoms with Crippen LogP contribution in [-0.2, 0) is 6.42 Å². The predicted octanol–water partition coefficient (Wildman–Crippen LogP) is 2.42. The van der Waals surface area contributed by atoms with Crippen LogP contribution in [0.25, 0.3) is 0 Å². The topological polar surface area (TPSA) is 78.4 Å². The Morgan fingerprint density at radius 1 is 1.38 bits per heavy atom. The van der Waals surface area contributed by atoms with Gasteiger partial charge in [-0.05, 0) is 43.4 Å². The minimum atomic E-state index is -0.934. The van der Waals surface area contributed by atoms with Gasteiger partial charge in [-0.2, -0.15) is 0 Å². The van der Waals surface area contributed by atoms with Crippen LogP contribution in [0.2, 0.25) is 0 Å². The number of hydrogen-bond acceptors (Lipinski definition) is 2. The summed E-state index contributed by atoms with van der Waals surface area (Å²) in [6.07, 6.45) is 4.24. The molecule has 5 nitrogen and oxygen atoms in total. The predicted molar refractivity (Wildman–Crippen MR) is 80.4 cm³/mol. The molecule has 1 aliphatic carbocycles. The Hall–Kier alpha value is -2.04. The van der Waals surface area contributed by atoms with E-state index in [0.29, 0.717) is 13.0 Å². The molecule has 2 amide bonds. The average Bonchev–Trinajstić information content (AvgIpc) is 3.22. The molecule has 1 aromatic carbocycles. The fourth-order valence-electron chi connectivity index (χ4n) is 2.37. The standard InChI is InChI=1S/C16H22N2O3/c1-11(9-13-5-6-13)18-16(21)17-8-7-12-3-2-4-14(10-12)15(19)20/h2-4,10-11,13H,5-9H2,1H3,(H,19,20)(H2,17,18,21). The van der Waals surface area contributed by atoms with Gasteiger partial charge >= 0.3 is 12.0 Å². The number of urea groups is 1. The highest BCUT2D eigenvalue weighted by atomic mass is 16.4. The normalized spacial score (nSPS) is 15.3. The molecule has 2 rings (SSSR count). The number of carboxylic acids is 1. The molecule has 5 heteroatoms. The van der Waals surface area contributed by atoms with Crippen molar-refractivity contribution in [2.45, 2.75) is 38.6 Å². The molecule has 0 aliphatic heterocycles. The van der Waals surface area contributed by atoms with Gasteiger partial charge in [0.25, 0.3) is 0 Å². The Labute approximate surface area is 124 Å². The third-order valence-electron chi connectivity index (χ3n) is 3.63. The lowest BCUT2D eigenvalue weighted by Crippen LogP contribution is -2.41. The van der Waals surface area contributed by atoms with E-state index in [9.17, 15) is 9.59 Å². The summed E-state index contributed by atoms with van der Waals surface area (Å²) in [5.74, 6) is -0.143. The second kappa shape index (κ2) is 7.11. The largest absolute Gasteiger partial charge is 0.478 e. The number of carbonyl (C=O) groups is 2. The van der Waals surface area contributed by atoms with E-state index < -0.39 is 5.97 Å². The summed E-state index contributed by atoms with van der Waals surface area (Å²) >= 11 is 0. The summed E-state index contributed by atoms with van der Waals surface area (Å²) in [5.41, 5.74) is 1.18. The molecule has 114 valence electrons. The average molecular weight is 290 g/mol. The van der Waals surface area contributed by atoms with Gasteiger partial charge in [0.05, 0.1) is 5.56 Å². The number of nitrogens with one attached hydrogen (secondary N) is 2. The number of carbonyl (C=O) groups excluding carboxylic acids is 1. The van der Waals surface area contributed by atoms with E-state index >= 15 is 0 Å². The van der Waals surface area contributed by atoms with Gasteiger partial charge < -0.3 is 15.7 Å². The van der Waals surface area contributed by atoms with Crippen LogP contribution < -0.4 is 10.6 Å². The molecule has 1 fully saturated rings. The van der Waals surface area contributed by atoms with E-state index in [0.717, 1.165) is 17.9 Å². The third kappa shape index (κ3) is 5.45. The molecule has 0 aromatic heterocycles. The Balaban J connectivity index is 1.69. The first kappa shape index (κ1) is 15.4. The molecule has 0 saturated heterocycles. The maximum Gasteiger partial charge on any atom is 0.335 e. The number of hydrogen-bond donors (Lipinski definition) is 3. The molecule has 1 unspecified atom stereocenters. The van der Waals surface area contributed by atoms with Gasteiger partial charge in [0.1, 0.15) is 0 Å². The van der Waals surface area contributed by atoms with E-state index in [2.05, 4.69) is 10.6 Å². The van der Waals surface area contributed by atoms with Crippen LogP contribution in [-0.4, -0.2) is 29.7 Å². The lowest BCUT2D eigenvalue weighted by atomic mass is 10.1. The number of amides is 2. The first-order valence-electron chi connectivity index (χ1n) is 7.41. The van der Waals surface area contributed by atoms with Gasteiger partial charge in [-0.15, -0.1) is 0 Å². The van der Waals surface area contributed by atoms with Crippen molar-refractivity contribution in [2.75, 3.05) is 6.54 Å². The maximum absolute atomic E-state index is 11.7. The van der Waals surface area contributed by atoms with Crippen molar-refractivity contribution in [3.8, 4) is 0 Å². The zero-order chi connectivity index (χ0) is 15.2. The number of aromatic carboxylic acids is 1. The van der Waals surface area contributed by atoms with E-state index in [1.165, 1.54) is 12.8 Å². The van der Waals surface area contributed by atoms with Gasteiger partial charge in [-0.1, -0.05) is 25.0 Å². The van der Waals surface area contributed by atoms with Crippen molar-refractivity contribution < 1.29 is 14.7 Å². The monoisotopic (exact) mass is 290 g/mol. The Morgan fingerprint density at radius 2 is 2.14 bits per heavy atom. The van der Waals surface area contributed by atoms with E-state index in [-0.39, 0.29) is 17.6 Å². The molecule has 0 heterocycles. The second-order valence-corrected chi connectivity index (χ2v) is 5.74. The lowest BCUT2D eigenvalue weighted by molar-refractivity contribution is 0.0696. The van der Waals surface area contributed by atoms with Crippen molar-refractivity contribution >= 4 is 12.0 Å². The van der Waals surface area contributed by atoms with Crippen LogP contribution in [0.4, 0.5) is 4.79 Å². The van der Waals surface area contributed by atoms with Gasteiger partial charge in [-0.25, -0.2) is 9.59 Å². The summed E-state index contributed by atoms with van der Waals surface area (Å²) in [5, 5.41) is 14.6. The van der Waals surface area contributed by atoms with Crippen molar-refractivity contribution in [3.05, 3.63) is 35.4 Å². The Morgan fingerprint density at radius 3 is 2.81 bits per heavy atom. The fraction of sp³-hybridized carbons (Fsp3) is 0.500. The van der Waals surface area contributed by atoms with Crippen molar-refractivity contribution in [1.29, 1.82) is 0 Å². The Bertz CT molecular complexity index is 512. The zero-order valence-corrected chi connectivity index (χ0v) is 12.3. The van der Waals surface area contributed by atoms with Crippen LogP contribution in [0.3, 0.4) is 0 Å². The fourth-order valence-corrected chi connectivity index (χ4v) is 2.37. The molecule has 0 bridgehead atoms. The summed E-state index contributed by atoms with van der Waals surface area (Å²) in [7, 11) is 0. The molecule has 1 aliphatic rings. The summed E-state index contributed by atoms with van der Waals surface area (Å²) < 4.78 is 0.